The highest BCUT2D eigenvalue weighted by Crippen LogP contribution is 2.20. The zero-order valence-corrected chi connectivity index (χ0v) is 13.2. The highest BCUT2D eigenvalue weighted by atomic mass is 32.2. The van der Waals surface area contributed by atoms with E-state index in [9.17, 15) is 13.2 Å². The molecule has 0 atom stereocenters. The van der Waals surface area contributed by atoms with Crippen molar-refractivity contribution in [2.75, 3.05) is 5.75 Å². The minimum atomic E-state index is -3.43. The van der Waals surface area contributed by atoms with Crippen molar-refractivity contribution in [2.45, 2.75) is 50.2 Å². The molecule has 0 bridgehead atoms. The van der Waals surface area contributed by atoms with Gasteiger partial charge >= 0.3 is 0 Å². The molecule has 5 nitrogen and oxygen atoms in total. The lowest BCUT2D eigenvalue weighted by atomic mass is 10.3. The zero-order chi connectivity index (χ0) is 15.5. The van der Waals surface area contributed by atoms with Crippen LogP contribution in [0.2, 0.25) is 0 Å². The molecule has 0 spiro atoms. The summed E-state index contributed by atoms with van der Waals surface area (Å²) < 4.78 is 29.8. The molecule has 1 fully saturated rings. The Balaban J connectivity index is 1.93. The van der Waals surface area contributed by atoms with Gasteiger partial charge in [-0.1, -0.05) is 0 Å². The van der Waals surface area contributed by atoms with Crippen molar-refractivity contribution in [2.24, 2.45) is 0 Å². The van der Waals surface area contributed by atoms with E-state index in [4.69, 9.17) is 4.74 Å². The number of nitrogens with one attached hydrogen (secondary N) is 1. The maximum Gasteiger partial charge on any atom is 0.221 e. The lowest BCUT2D eigenvalue weighted by Gasteiger charge is -2.10. The second-order valence-corrected chi connectivity index (χ2v) is 7.66. The summed E-state index contributed by atoms with van der Waals surface area (Å²) in [6.07, 6.45) is 2.04. The Bertz CT molecular complexity index is 589. The van der Waals surface area contributed by atoms with Crippen LogP contribution in [0.15, 0.2) is 29.2 Å². The topological polar surface area (TPSA) is 72.5 Å². The molecule has 1 N–H and O–H groups in total. The smallest absolute Gasteiger partial charge is 0.221 e. The first kappa shape index (κ1) is 15.8. The van der Waals surface area contributed by atoms with Crippen LogP contribution in [-0.2, 0) is 14.6 Å². The molecule has 1 aliphatic rings. The maximum atomic E-state index is 12.2. The molecule has 1 aromatic carbocycles. The summed E-state index contributed by atoms with van der Waals surface area (Å²) in [4.78, 5) is 11.8. The molecule has 116 valence electrons. The van der Waals surface area contributed by atoms with E-state index in [0.717, 1.165) is 12.8 Å². The average molecular weight is 311 g/mol. The van der Waals surface area contributed by atoms with Crippen LogP contribution in [0.5, 0.6) is 5.75 Å². The molecule has 0 heterocycles. The summed E-state index contributed by atoms with van der Waals surface area (Å²) in [7, 11) is -3.43. The van der Waals surface area contributed by atoms with Crippen molar-refractivity contribution in [3.8, 4) is 5.75 Å². The van der Waals surface area contributed by atoms with E-state index in [-0.39, 0.29) is 35.1 Å². The van der Waals surface area contributed by atoms with Gasteiger partial charge in [-0.3, -0.25) is 4.79 Å². The van der Waals surface area contributed by atoms with Gasteiger partial charge in [-0.25, -0.2) is 8.42 Å². The van der Waals surface area contributed by atoms with Crippen molar-refractivity contribution in [1.29, 1.82) is 0 Å². The van der Waals surface area contributed by atoms with E-state index in [1.165, 1.54) is 12.1 Å². The van der Waals surface area contributed by atoms with Gasteiger partial charge < -0.3 is 10.1 Å². The second-order valence-electron chi connectivity index (χ2n) is 5.55. The number of ether oxygens (including phenoxy) is 1. The number of carbonyl (C=O) groups is 1. The highest BCUT2D eigenvalue weighted by Gasteiger charge is 2.24. The van der Waals surface area contributed by atoms with Gasteiger partial charge in [0.15, 0.2) is 9.84 Å². The summed E-state index contributed by atoms with van der Waals surface area (Å²) in [5.74, 6) is 0.270. The molecule has 1 aromatic rings. The van der Waals surface area contributed by atoms with Crippen molar-refractivity contribution in [3.63, 3.8) is 0 Å². The Labute approximate surface area is 125 Å². The standard InChI is InChI=1S/C15H21NO4S/c1-11(2)20-13-5-7-14(8-6-13)21(18,19)10-9-15(17)16-12-3-4-12/h5-8,11-12H,3-4,9-10H2,1-2H3,(H,16,17). The Morgan fingerprint density at radius 1 is 1.29 bits per heavy atom. The number of carbonyl (C=O) groups excluding carboxylic acids is 1. The van der Waals surface area contributed by atoms with Crippen LogP contribution in [0.3, 0.4) is 0 Å². The van der Waals surface area contributed by atoms with Gasteiger partial charge in [-0.15, -0.1) is 0 Å². The van der Waals surface area contributed by atoms with Gasteiger partial charge in [0.2, 0.25) is 5.91 Å². The van der Waals surface area contributed by atoms with E-state index in [1.54, 1.807) is 12.1 Å². The predicted molar refractivity (Wildman–Crippen MR) is 80.0 cm³/mol. The molecule has 1 aliphatic carbocycles. The summed E-state index contributed by atoms with van der Waals surface area (Å²) in [6, 6.07) is 6.57. The molecule has 21 heavy (non-hydrogen) atoms. The van der Waals surface area contributed by atoms with Gasteiger partial charge in [-0.2, -0.15) is 0 Å². The first-order valence-electron chi connectivity index (χ1n) is 7.15. The van der Waals surface area contributed by atoms with Crippen LogP contribution < -0.4 is 10.1 Å². The first-order chi connectivity index (χ1) is 9.87. The molecule has 0 unspecified atom stereocenters. The molecule has 2 rings (SSSR count). The van der Waals surface area contributed by atoms with Crippen LogP contribution in [0.4, 0.5) is 0 Å². The molecule has 1 amide bonds. The average Bonchev–Trinajstić information content (AvgIpc) is 3.20. The monoisotopic (exact) mass is 311 g/mol. The Kier molecular flexibility index (Phi) is 4.88. The van der Waals surface area contributed by atoms with Crippen LogP contribution in [0, 0.1) is 0 Å². The van der Waals surface area contributed by atoms with Crippen LogP contribution in [0.1, 0.15) is 33.1 Å². The van der Waals surface area contributed by atoms with Crippen molar-refractivity contribution < 1.29 is 17.9 Å². The van der Waals surface area contributed by atoms with E-state index < -0.39 is 9.84 Å². The minimum Gasteiger partial charge on any atom is -0.491 e. The largest absolute Gasteiger partial charge is 0.491 e. The summed E-state index contributed by atoms with van der Waals surface area (Å²) in [5, 5.41) is 2.79. The Hall–Kier alpha value is -1.56. The van der Waals surface area contributed by atoms with E-state index in [2.05, 4.69) is 5.32 Å². The number of hydrogen-bond donors (Lipinski definition) is 1. The number of hydrogen-bond acceptors (Lipinski definition) is 4. The van der Waals surface area contributed by atoms with Crippen molar-refractivity contribution in [1.82, 2.24) is 5.32 Å². The molecule has 0 saturated heterocycles. The SMILES string of the molecule is CC(C)Oc1ccc(S(=O)(=O)CCC(=O)NC2CC2)cc1. The van der Waals surface area contributed by atoms with E-state index in [1.807, 2.05) is 13.8 Å². The Morgan fingerprint density at radius 2 is 1.90 bits per heavy atom. The third-order valence-corrected chi connectivity index (χ3v) is 4.83. The summed E-state index contributed by atoms with van der Waals surface area (Å²) >= 11 is 0. The highest BCUT2D eigenvalue weighted by molar-refractivity contribution is 7.91. The molecular formula is C15H21NO4S. The summed E-state index contributed by atoms with van der Waals surface area (Å²) in [6.45, 7) is 3.81. The lowest BCUT2D eigenvalue weighted by Crippen LogP contribution is -2.27. The van der Waals surface area contributed by atoms with Gasteiger partial charge in [0.05, 0.1) is 16.8 Å². The van der Waals surface area contributed by atoms with E-state index in [0.29, 0.717) is 5.75 Å². The molecule has 6 heteroatoms. The third-order valence-electron chi connectivity index (χ3n) is 3.09. The fourth-order valence-electron chi connectivity index (χ4n) is 1.87. The minimum absolute atomic E-state index is 0.00305. The molecular weight excluding hydrogens is 290 g/mol. The Morgan fingerprint density at radius 3 is 2.43 bits per heavy atom. The maximum absolute atomic E-state index is 12.2. The van der Waals surface area contributed by atoms with Crippen molar-refractivity contribution >= 4 is 15.7 Å². The zero-order valence-electron chi connectivity index (χ0n) is 12.3. The summed E-state index contributed by atoms with van der Waals surface area (Å²) in [5.41, 5.74) is 0. The van der Waals surface area contributed by atoms with Crippen LogP contribution in [-0.4, -0.2) is 32.2 Å². The predicted octanol–water partition coefficient (Wildman–Crippen LogP) is 1.92. The van der Waals surface area contributed by atoms with Crippen LogP contribution >= 0.6 is 0 Å². The second kappa shape index (κ2) is 6.47. The van der Waals surface area contributed by atoms with Gasteiger partial charge in [0.25, 0.3) is 0 Å². The number of sulfone groups is 1. The molecule has 0 aliphatic heterocycles. The number of benzene rings is 1. The quantitative estimate of drug-likeness (QED) is 0.835. The third kappa shape index (κ3) is 5.04. The fourth-order valence-corrected chi connectivity index (χ4v) is 3.11. The van der Waals surface area contributed by atoms with E-state index >= 15 is 0 Å². The molecule has 0 radical (unpaired) electrons. The lowest BCUT2D eigenvalue weighted by molar-refractivity contribution is -0.120. The molecule has 1 saturated carbocycles. The number of rotatable bonds is 7. The van der Waals surface area contributed by atoms with Gasteiger partial charge in [-0.05, 0) is 51.0 Å². The first-order valence-corrected chi connectivity index (χ1v) is 8.81. The van der Waals surface area contributed by atoms with Crippen LogP contribution in [0.25, 0.3) is 0 Å². The number of amides is 1. The van der Waals surface area contributed by atoms with Gasteiger partial charge in [0, 0.05) is 12.5 Å². The normalized spacial score (nSPS) is 15.0. The van der Waals surface area contributed by atoms with Gasteiger partial charge in [0.1, 0.15) is 5.75 Å². The fraction of sp³-hybridized carbons (Fsp3) is 0.533. The van der Waals surface area contributed by atoms with Crippen molar-refractivity contribution in [3.05, 3.63) is 24.3 Å². The molecule has 0 aromatic heterocycles.